The molecule has 1 aromatic rings. The fraction of sp³-hybridized carbons (Fsp3) is 0.333. The lowest BCUT2D eigenvalue weighted by Gasteiger charge is -2.14. The van der Waals surface area contributed by atoms with Crippen LogP contribution in [0, 0.1) is 0 Å². The normalized spacial score (nSPS) is 13.0. The van der Waals surface area contributed by atoms with Gasteiger partial charge in [0.1, 0.15) is 16.7 Å². The Balaban J connectivity index is 2.98. The average molecular weight is 221 g/mol. The number of para-hydroxylation sites is 1. The third-order valence-electron chi connectivity index (χ3n) is 1.70. The van der Waals surface area contributed by atoms with Crippen molar-refractivity contribution >= 4 is 23.2 Å². The molecule has 0 radical (unpaired) electrons. The van der Waals surface area contributed by atoms with Gasteiger partial charge in [0.25, 0.3) is 0 Å². The Morgan fingerprint density at radius 3 is 2.46 bits per heavy atom. The van der Waals surface area contributed by atoms with Gasteiger partial charge in [0.15, 0.2) is 0 Å². The summed E-state index contributed by atoms with van der Waals surface area (Å²) in [5.41, 5.74) is 0.597. The zero-order chi connectivity index (χ0) is 9.84. The summed E-state index contributed by atoms with van der Waals surface area (Å²) in [4.78, 5) is -0.851. The average Bonchev–Trinajstić information content (AvgIpc) is 2.16. The van der Waals surface area contributed by atoms with E-state index in [1.807, 2.05) is 6.07 Å². The van der Waals surface area contributed by atoms with Gasteiger partial charge in [-0.05, 0) is 6.07 Å². The minimum Gasteiger partial charge on any atom is -0.496 e. The molecule has 0 saturated carbocycles. The monoisotopic (exact) mass is 220 g/mol. The molecule has 72 valence electrons. The minimum absolute atomic E-state index is 0.585. The molecule has 0 fully saturated rings. The lowest BCUT2D eigenvalue weighted by molar-refractivity contribution is 0.188. The standard InChI is InChI=1S/C9H10Cl2O2/c1-13-7-5-3-2-4-6(7)8(12)9(10)11/h2-5,8-9,12H,1H3. The molecule has 1 atom stereocenters. The van der Waals surface area contributed by atoms with Gasteiger partial charge in [-0.25, -0.2) is 0 Å². The quantitative estimate of drug-likeness (QED) is 0.794. The molecule has 0 aliphatic heterocycles. The van der Waals surface area contributed by atoms with Gasteiger partial charge in [-0.15, -0.1) is 23.2 Å². The van der Waals surface area contributed by atoms with Gasteiger partial charge in [0.05, 0.1) is 7.11 Å². The third-order valence-corrected chi connectivity index (χ3v) is 2.17. The van der Waals surface area contributed by atoms with Crippen LogP contribution in [0.1, 0.15) is 11.7 Å². The van der Waals surface area contributed by atoms with E-state index in [-0.39, 0.29) is 0 Å². The van der Waals surface area contributed by atoms with Gasteiger partial charge >= 0.3 is 0 Å². The van der Waals surface area contributed by atoms with Crippen molar-refractivity contribution < 1.29 is 9.84 Å². The highest BCUT2D eigenvalue weighted by Gasteiger charge is 2.18. The number of aliphatic hydroxyl groups excluding tert-OH is 1. The van der Waals surface area contributed by atoms with Crippen LogP contribution in [-0.4, -0.2) is 17.1 Å². The van der Waals surface area contributed by atoms with Crippen LogP contribution in [0.4, 0.5) is 0 Å². The molecule has 0 aromatic heterocycles. The molecule has 1 rings (SSSR count). The summed E-state index contributed by atoms with van der Waals surface area (Å²) in [7, 11) is 1.53. The highest BCUT2D eigenvalue weighted by atomic mass is 35.5. The molecular formula is C9H10Cl2O2. The van der Waals surface area contributed by atoms with E-state index in [1.165, 1.54) is 7.11 Å². The van der Waals surface area contributed by atoms with Crippen molar-refractivity contribution in [1.29, 1.82) is 0 Å². The van der Waals surface area contributed by atoms with E-state index in [0.29, 0.717) is 11.3 Å². The maximum atomic E-state index is 9.57. The van der Waals surface area contributed by atoms with E-state index < -0.39 is 10.9 Å². The fourth-order valence-corrected chi connectivity index (χ4v) is 1.32. The molecule has 0 spiro atoms. The smallest absolute Gasteiger partial charge is 0.137 e. The molecule has 1 aromatic carbocycles. The van der Waals surface area contributed by atoms with Crippen molar-refractivity contribution in [2.75, 3.05) is 7.11 Å². The van der Waals surface area contributed by atoms with Gasteiger partial charge in [-0.1, -0.05) is 18.2 Å². The van der Waals surface area contributed by atoms with E-state index in [9.17, 15) is 5.11 Å². The van der Waals surface area contributed by atoms with E-state index in [0.717, 1.165) is 0 Å². The number of benzene rings is 1. The second-order valence-corrected chi connectivity index (χ2v) is 3.69. The zero-order valence-corrected chi connectivity index (χ0v) is 8.59. The summed E-state index contributed by atoms with van der Waals surface area (Å²) in [6.07, 6.45) is -0.917. The molecule has 13 heavy (non-hydrogen) atoms. The molecule has 1 unspecified atom stereocenters. The predicted octanol–water partition coefficient (Wildman–Crippen LogP) is 2.53. The molecule has 0 aliphatic rings. The van der Waals surface area contributed by atoms with Crippen molar-refractivity contribution in [3.63, 3.8) is 0 Å². The van der Waals surface area contributed by atoms with Crippen molar-refractivity contribution in [2.24, 2.45) is 0 Å². The summed E-state index contributed by atoms with van der Waals surface area (Å²) in [6, 6.07) is 7.07. The Bertz CT molecular complexity index is 276. The number of alkyl halides is 2. The van der Waals surface area contributed by atoms with Gasteiger partial charge < -0.3 is 9.84 Å². The van der Waals surface area contributed by atoms with Crippen LogP contribution in [0.3, 0.4) is 0 Å². The number of halogens is 2. The molecule has 0 saturated heterocycles. The van der Waals surface area contributed by atoms with Crippen LogP contribution in [0.5, 0.6) is 5.75 Å². The van der Waals surface area contributed by atoms with Crippen molar-refractivity contribution in [3.8, 4) is 5.75 Å². The Hall–Kier alpha value is -0.440. The first-order valence-corrected chi connectivity index (χ1v) is 4.63. The Morgan fingerprint density at radius 1 is 1.31 bits per heavy atom. The lowest BCUT2D eigenvalue weighted by Crippen LogP contribution is -2.07. The summed E-state index contributed by atoms with van der Waals surface area (Å²) in [6.45, 7) is 0. The van der Waals surface area contributed by atoms with Crippen LogP contribution in [0.15, 0.2) is 24.3 Å². The van der Waals surface area contributed by atoms with Crippen LogP contribution in [-0.2, 0) is 0 Å². The first-order chi connectivity index (χ1) is 6.16. The van der Waals surface area contributed by atoms with E-state index >= 15 is 0 Å². The maximum Gasteiger partial charge on any atom is 0.137 e. The van der Waals surface area contributed by atoms with Crippen LogP contribution in [0.2, 0.25) is 0 Å². The summed E-state index contributed by atoms with van der Waals surface area (Å²) in [5.74, 6) is 0.585. The minimum atomic E-state index is -0.917. The highest BCUT2D eigenvalue weighted by Crippen LogP contribution is 2.30. The molecule has 0 aliphatic carbocycles. The van der Waals surface area contributed by atoms with E-state index in [4.69, 9.17) is 27.9 Å². The molecular weight excluding hydrogens is 211 g/mol. The first-order valence-electron chi connectivity index (χ1n) is 3.76. The van der Waals surface area contributed by atoms with Crippen molar-refractivity contribution in [2.45, 2.75) is 10.9 Å². The molecule has 2 nitrogen and oxygen atoms in total. The zero-order valence-electron chi connectivity index (χ0n) is 7.08. The highest BCUT2D eigenvalue weighted by molar-refractivity contribution is 6.44. The van der Waals surface area contributed by atoms with Gasteiger partial charge in [0.2, 0.25) is 0 Å². The van der Waals surface area contributed by atoms with E-state index in [1.54, 1.807) is 18.2 Å². The second-order valence-electron chi connectivity index (χ2n) is 2.52. The lowest BCUT2D eigenvalue weighted by atomic mass is 10.1. The Labute approximate surface area is 87.0 Å². The number of ether oxygens (including phenoxy) is 1. The largest absolute Gasteiger partial charge is 0.496 e. The van der Waals surface area contributed by atoms with Gasteiger partial charge in [-0.2, -0.15) is 0 Å². The predicted molar refractivity (Wildman–Crippen MR) is 53.4 cm³/mol. The Kier molecular flexibility index (Phi) is 3.85. The summed E-state index contributed by atoms with van der Waals surface area (Å²) < 4.78 is 5.04. The number of hydrogen-bond acceptors (Lipinski definition) is 2. The summed E-state index contributed by atoms with van der Waals surface area (Å²) in [5, 5.41) is 9.57. The fourth-order valence-electron chi connectivity index (χ4n) is 1.05. The van der Waals surface area contributed by atoms with Crippen molar-refractivity contribution in [3.05, 3.63) is 29.8 Å². The van der Waals surface area contributed by atoms with Crippen LogP contribution < -0.4 is 4.74 Å². The SMILES string of the molecule is COc1ccccc1C(O)C(Cl)Cl. The summed E-state index contributed by atoms with van der Waals surface area (Å²) >= 11 is 11.1. The molecule has 0 heterocycles. The first kappa shape index (κ1) is 10.6. The second kappa shape index (κ2) is 4.70. The Morgan fingerprint density at radius 2 is 1.92 bits per heavy atom. The molecule has 0 amide bonds. The third kappa shape index (κ3) is 2.50. The van der Waals surface area contributed by atoms with E-state index in [2.05, 4.69) is 0 Å². The topological polar surface area (TPSA) is 29.5 Å². The van der Waals surface area contributed by atoms with Gasteiger partial charge in [-0.3, -0.25) is 0 Å². The molecule has 0 bridgehead atoms. The number of aliphatic hydroxyl groups is 1. The van der Waals surface area contributed by atoms with Crippen molar-refractivity contribution in [1.82, 2.24) is 0 Å². The number of rotatable bonds is 3. The van der Waals surface area contributed by atoms with Crippen LogP contribution in [0.25, 0.3) is 0 Å². The number of hydrogen-bond donors (Lipinski definition) is 1. The molecule has 1 N–H and O–H groups in total. The van der Waals surface area contributed by atoms with Crippen LogP contribution >= 0.6 is 23.2 Å². The number of methoxy groups -OCH3 is 1. The van der Waals surface area contributed by atoms with Gasteiger partial charge in [0, 0.05) is 5.56 Å². The molecule has 4 heteroatoms. The maximum absolute atomic E-state index is 9.57.